The van der Waals surface area contributed by atoms with Crippen LogP contribution in [0.2, 0.25) is 0 Å². The third-order valence-corrected chi connectivity index (χ3v) is 3.65. The van der Waals surface area contributed by atoms with Gasteiger partial charge >= 0.3 is 0 Å². The maximum Gasteiger partial charge on any atom is 0.254 e. The molecule has 94 valence electrons. The van der Waals surface area contributed by atoms with Crippen LogP contribution < -0.4 is 10.6 Å². The number of amides is 2. The number of fused-ring (bicyclic) bond motifs is 1. The van der Waals surface area contributed by atoms with Gasteiger partial charge < -0.3 is 10.6 Å². The van der Waals surface area contributed by atoms with Crippen molar-refractivity contribution in [2.75, 3.05) is 5.32 Å². The maximum absolute atomic E-state index is 12.2. The van der Waals surface area contributed by atoms with Crippen molar-refractivity contribution in [3.63, 3.8) is 0 Å². The number of hydrogen-bond donors (Lipinski definition) is 2. The highest BCUT2D eigenvalue weighted by molar-refractivity contribution is 6.10. The van der Waals surface area contributed by atoms with Crippen molar-refractivity contribution in [2.24, 2.45) is 5.92 Å². The average molecular weight is 244 g/mol. The summed E-state index contributed by atoms with van der Waals surface area (Å²) >= 11 is 0. The van der Waals surface area contributed by atoms with E-state index in [4.69, 9.17) is 0 Å². The number of rotatable bonds is 2. The molecule has 4 nitrogen and oxygen atoms in total. The number of hydrogen-bond acceptors (Lipinski definition) is 2. The van der Waals surface area contributed by atoms with Gasteiger partial charge in [-0.3, -0.25) is 9.59 Å². The van der Waals surface area contributed by atoms with Crippen molar-refractivity contribution in [3.8, 4) is 0 Å². The molecule has 0 radical (unpaired) electrons. The fourth-order valence-corrected chi connectivity index (χ4v) is 2.44. The number of benzene rings is 1. The lowest BCUT2D eigenvalue weighted by molar-refractivity contribution is -0.118. The summed E-state index contributed by atoms with van der Waals surface area (Å²) in [5.41, 5.74) is 2.09. The first kappa shape index (κ1) is 11.3. The summed E-state index contributed by atoms with van der Waals surface area (Å²) in [6, 6.07) is 5.12. The Balaban J connectivity index is 1.92. The van der Waals surface area contributed by atoms with Gasteiger partial charge in [-0.15, -0.1) is 0 Å². The molecule has 1 aromatic carbocycles. The lowest BCUT2D eigenvalue weighted by atomic mass is 10.1. The Hall–Kier alpha value is -1.84. The highest BCUT2D eigenvalue weighted by Gasteiger charge is 2.33. The second-order valence-corrected chi connectivity index (χ2v) is 5.19. The van der Waals surface area contributed by atoms with Crippen LogP contribution in [0.3, 0.4) is 0 Å². The Morgan fingerprint density at radius 1 is 1.28 bits per heavy atom. The Morgan fingerprint density at radius 2 is 2.06 bits per heavy atom. The fraction of sp³-hybridized carbons (Fsp3) is 0.429. The summed E-state index contributed by atoms with van der Waals surface area (Å²) in [5.74, 6) is 0.357. The number of carbonyl (C=O) groups excluding carboxylic acids is 2. The van der Waals surface area contributed by atoms with Gasteiger partial charge in [0, 0.05) is 0 Å². The van der Waals surface area contributed by atoms with Crippen LogP contribution in [-0.2, 0) is 4.79 Å². The van der Waals surface area contributed by atoms with E-state index in [1.54, 1.807) is 6.07 Å². The molecule has 0 bridgehead atoms. The third kappa shape index (κ3) is 1.98. The molecule has 0 aromatic heterocycles. The van der Waals surface area contributed by atoms with Crippen molar-refractivity contribution in [1.82, 2.24) is 5.32 Å². The molecule has 4 heteroatoms. The van der Waals surface area contributed by atoms with E-state index in [9.17, 15) is 9.59 Å². The molecule has 1 aliphatic carbocycles. The van der Waals surface area contributed by atoms with Crippen molar-refractivity contribution >= 4 is 17.5 Å². The van der Waals surface area contributed by atoms with Gasteiger partial charge in [0.2, 0.25) is 5.91 Å². The van der Waals surface area contributed by atoms with E-state index in [0.29, 0.717) is 17.2 Å². The van der Waals surface area contributed by atoms with Crippen LogP contribution in [0.25, 0.3) is 0 Å². The van der Waals surface area contributed by atoms with Gasteiger partial charge in [-0.1, -0.05) is 25.0 Å². The molecule has 2 aliphatic rings. The van der Waals surface area contributed by atoms with Crippen molar-refractivity contribution in [2.45, 2.75) is 32.2 Å². The Kier molecular flexibility index (Phi) is 2.58. The molecule has 0 saturated heterocycles. The molecule has 1 aliphatic heterocycles. The van der Waals surface area contributed by atoms with Crippen LogP contribution in [0.15, 0.2) is 18.2 Å². The molecule has 3 rings (SSSR count). The van der Waals surface area contributed by atoms with Crippen LogP contribution in [-0.4, -0.2) is 17.9 Å². The second kappa shape index (κ2) is 4.12. The zero-order valence-electron chi connectivity index (χ0n) is 10.3. The first-order valence-electron chi connectivity index (χ1n) is 6.36. The first-order valence-corrected chi connectivity index (χ1v) is 6.36. The van der Waals surface area contributed by atoms with Gasteiger partial charge in [-0.25, -0.2) is 0 Å². The first-order chi connectivity index (χ1) is 8.65. The SMILES string of the molecule is Cc1cccc2c1C(=O)NC(CC1CC1)C(=O)N2. The molecule has 1 heterocycles. The predicted molar refractivity (Wildman–Crippen MR) is 68.4 cm³/mol. The largest absolute Gasteiger partial charge is 0.340 e. The highest BCUT2D eigenvalue weighted by Crippen LogP contribution is 2.34. The summed E-state index contributed by atoms with van der Waals surface area (Å²) in [7, 11) is 0. The smallest absolute Gasteiger partial charge is 0.254 e. The van der Waals surface area contributed by atoms with E-state index < -0.39 is 6.04 Å². The van der Waals surface area contributed by atoms with Crippen molar-refractivity contribution < 1.29 is 9.59 Å². The Morgan fingerprint density at radius 3 is 2.78 bits per heavy atom. The molecule has 1 atom stereocenters. The van der Waals surface area contributed by atoms with Crippen LogP contribution in [0.1, 0.15) is 35.2 Å². The molecule has 2 N–H and O–H groups in total. The summed E-state index contributed by atoms with van der Waals surface area (Å²) in [6.45, 7) is 1.88. The minimum absolute atomic E-state index is 0.0976. The lowest BCUT2D eigenvalue weighted by Gasteiger charge is -2.13. The average Bonchev–Trinajstić information content (AvgIpc) is 3.11. The monoisotopic (exact) mass is 244 g/mol. The maximum atomic E-state index is 12.2. The predicted octanol–water partition coefficient (Wildman–Crippen LogP) is 1.85. The zero-order valence-corrected chi connectivity index (χ0v) is 10.3. The van der Waals surface area contributed by atoms with E-state index in [-0.39, 0.29) is 11.8 Å². The van der Waals surface area contributed by atoms with Gasteiger partial charge in [0.25, 0.3) is 5.91 Å². The minimum atomic E-state index is -0.392. The highest BCUT2D eigenvalue weighted by atomic mass is 16.2. The summed E-state index contributed by atoms with van der Waals surface area (Å²) in [5, 5.41) is 5.70. The van der Waals surface area contributed by atoms with Gasteiger partial charge in [-0.2, -0.15) is 0 Å². The minimum Gasteiger partial charge on any atom is -0.340 e. The van der Waals surface area contributed by atoms with Crippen LogP contribution in [0.5, 0.6) is 0 Å². The van der Waals surface area contributed by atoms with E-state index in [1.165, 1.54) is 12.8 Å². The molecule has 1 aromatic rings. The second-order valence-electron chi connectivity index (χ2n) is 5.19. The zero-order chi connectivity index (χ0) is 12.7. The molecule has 18 heavy (non-hydrogen) atoms. The number of nitrogens with one attached hydrogen (secondary N) is 2. The number of carbonyl (C=O) groups is 2. The molecular weight excluding hydrogens is 228 g/mol. The molecule has 0 spiro atoms. The van der Waals surface area contributed by atoms with Crippen molar-refractivity contribution in [3.05, 3.63) is 29.3 Å². The van der Waals surface area contributed by atoms with Gasteiger partial charge in [-0.05, 0) is 30.9 Å². The van der Waals surface area contributed by atoms with E-state index in [0.717, 1.165) is 12.0 Å². The molecule has 1 unspecified atom stereocenters. The third-order valence-electron chi connectivity index (χ3n) is 3.65. The topological polar surface area (TPSA) is 58.2 Å². The quantitative estimate of drug-likeness (QED) is 0.834. The molecular formula is C14H16N2O2. The van der Waals surface area contributed by atoms with Crippen molar-refractivity contribution in [1.29, 1.82) is 0 Å². The molecule has 1 saturated carbocycles. The molecule has 2 amide bonds. The normalized spacial score (nSPS) is 22.8. The Bertz CT molecular complexity index is 521. The Labute approximate surface area is 106 Å². The van der Waals surface area contributed by atoms with Crippen LogP contribution in [0.4, 0.5) is 5.69 Å². The van der Waals surface area contributed by atoms with Crippen LogP contribution in [0, 0.1) is 12.8 Å². The van der Waals surface area contributed by atoms with Crippen LogP contribution >= 0.6 is 0 Å². The summed E-state index contributed by atoms with van der Waals surface area (Å²) < 4.78 is 0. The van der Waals surface area contributed by atoms with E-state index in [2.05, 4.69) is 10.6 Å². The van der Waals surface area contributed by atoms with E-state index >= 15 is 0 Å². The molecule has 1 fully saturated rings. The number of aryl methyl sites for hydroxylation is 1. The van der Waals surface area contributed by atoms with Gasteiger partial charge in [0.15, 0.2) is 0 Å². The fourth-order valence-electron chi connectivity index (χ4n) is 2.44. The number of anilines is 1. The van der Waals surface area contributed by atoms with Gasteiger partial charge in [0.1, 0.15) is 6.04 Å². The lowest BCUT2D eigenvalue weighted by Crippen LogP contribution is -2.41. The summed E-state index contributed by atoms with van der Waals surface area (Å²) in [4.78, 5) is 24.3. The van der Waals surface area contributed by atoms with E-state index in [1.807, 2.05) is 19.1 Å². The summed E-state index contributed by atoms with van der Waals surface area (Å²) in [6.07, 6.45) is 3.10. The standard InChI is InChI=1S/C14H16N2O2/c1-8-3-2-4-10-12(8)14(18)16-11(13(17)15-10)7-9-5-6-9/h2-4,9,11H,5-7H2,1H3,(H,15,17)(H,16,18). The van der Waals surface area contributed by atoms with Gasteiger partial charge in [0.05, 0.1) is 11.3 Å².